The summed E-state index contributed by atoms with van der Waals surface area (Å²) >= 11 is 0. The van der Waals surface area contributed by atoms with Gasteiger partial charge in [0.25, 0.3) is 6.43 Å². The number of fused-ring (bicyclic) bond motifs is 1. The summed E-state index contributed by atoms with van der Waals surface area (Å²) in [5.74, 6) is 0.723. The van der Waals surface area contributed by atoms with E-state index < -0.39 is 43.1 Å². The molecule has 0 aliphatic carbocycles. The summed E-state index contributed by atoms with van der Waals surface area (Å²) < 4.78 is 57.9. The van der Waals surface area contributed by atoms with Gasteiger partial charge >= 0.3 is 6.09 Å². The molecule has 2 aromatic heterocycles. The molecule has 2 fully saturated rings. The number of benzene rings is 1. The maximum Gasteiger partial charge on any atom is 0.410 e. The highest BCUT2D eigenvalue weighted by Crippen LogP contribution is 2.39. The van der Waals surface area contributed by atoms with Crippen LogP contribution in [0.1, 0.15) is 17.0 Å². The van der Waals surface area contributed by atoms with Crippen molar-refractivity contribution >= 4 is 11.9 Å². The highest BCUT2D eigenvalue weighted by Gasteiger charge is 2.49. The predicted octanol–water partition coefficient (Wildman–Crippen LogP) is 3.10. The molecular formula is C27H31F3N6O5. The van der Waals surface area contributed by atoms with Gasteiger partial charge in [-0.2, -0.15) is 0 Å². The highest BCUT2D eigenvalue weighted by molar-refractivity contribution is 5.76. The van der Waals surface area contributed by atoms with Gasteiger partial charge in [-0.05, 0) is 46.0 Å². The van der Waals surface area contributed by atoms with Gasteiger partial charge in [0.2, 0.25) is 0 Å². The van der Waals surface area contributed by atoms with Gasteiger partial charge in [-0.3, -0.25) is 0 Å². The minimum atomic E-state index is -2.71. The van der Waals surface area contributed by atoms with Crippen molar-refractivity contribution in [2.24, 2.45) is 0 Å². The van der Waals surface area contributed by atoms with Gasteiger partial charge in [-0.1, -0.05) is 5.16 Å². The quantitative estimate of drug-likeness (QED) is 0.372. The second-order valence-corrected chi connectivity index (χ2v) is 10.1. The molecule has 41 heavy (non-hydrogen) atoms. The molecule has 11 nitrogen and oxygen atoms in total. The largest absolute Gasteiger partial charge is 0.491 e. The Hall–Kier alpha value is -3.91. The maximum absolute atomic E-state index is 15.2. The number of carbonyl (C=O) groups is 1. The van der Waals surface area contributed by atoms with E-state index in [-0.39, 0.29) is 31.1 Å². The number of aliphatic hydroxyl groups is 1. The third-order valence-electron chi connectivity index (χ3n) is 7.21. The summed E-state index contributed by atoms with van der Waals surface area (Å²) in [6.45, 7) is 5.19. The Morgan fingerprint density at radius 3 is 2.68 bits per heavy atom. The molecule has 0 bridgehead atoms. The number of aryl methyl sites for hydroxylation is 2. The van der Waals surface area contributed by atoms with E-state index in [9.17, 15) is 18.7 Å². The van der Waals surface area contributed by atoms with Crippen molar-refractivity contribution in [3.8, 4) is 28.4 Å². The summed E-state index contributed by atoms with van der Waals surface area (Å²) in [7, 11) is 1.70. The Morgan fingerprint density at radius 2 is 2.00 bits per heavy atom. The number of halogens is 3. The van der Waals surface area contributed by atoms with Crippen molar-refractivity contribution in [2.75, 3.05) is 44.7 Å². The lowest BCUT2D eigenvalue weighted by atomic mass is 9.95. The molecule has 0 radical (unpaired) electrons. The van der Waals surface area contributed by atoms with Crippen molar-refractivity contribution in [1.29, 1.82) is 0 Å². The zero-order valence-electron chi connectivity index (χ0n) is 23.0. The topological polar surface area (TPSA) is 126 Å². The van der Waals surface area contributed by atoms with Gasteiger partial charge in [-0.25, -0.2) is 27.9 Å². The molecule has 0 saturated carbocycles. The molecule has 5 rings (SSSR count). The van der Waals surface area contributed by atoms with Crippen LogP contribution in [-0.4, -0.2) is 95.7 Å². The summed E-state index contributed by atoms with van der Waals surface area (Å²) in [6.07, 6.45) is -4.74. The van der Waals surface area contributed by atoms with Crippen LogP contribution in [0.3, 0.4) is 0 Å². The van der Waals surface area contributed by atoms with Crippen LogP contribution in [0.15, 0.2) is 22.7 Å². The Bertz CT molecular complexity index is 1420. The molecular weight excluding hydrogens is 545 g/mol. The Balaban J connectivity index is 1.55. The van der Waals surface area contributed by atoms with Crippen LogP contribution in [0.4, 0.5) is 23.8 Å². The van der Waals surface area contributed by atoms with E-state index in [1.54, 1.807) is 27.8 Å². The Labute approximate surface area is 234 Å². The smallest absolute Gasteiger partial charge is 0.410 e. The number of hydrogen-bond acceptors (Lipinski definition) is 10. The van der Waals surface area contributed by atoms with E-state index in [1.165, 1.54) is 18.2 Å². The van der Waals surface area contributed by atoms with Crippen LogP contribution in [-0.2, 0) is 4.74 Å². The number of carbonyl (C=O) groups excluding carboxylic acids is 1. The lowest BCUT2D eigenvalue weighted by Crippen LogP contribution is -2.70. The number of nitrogens with one attached hydrogen (secondary N) is 1. The Kier molecular flexibility index (Phi) is 8.04. The number of aliphatic hydroxyl groups excluding tert-OH is 1. The molecule has 2 saturated heterocycles. The second-order valence-electron chi connectivity index (χ2n) is 10.1. The molecule has 1 aromatic carbocycles. The maximum atomic E-state index is 15.2. The first-order valence-corrected chi connectivity index (χ1v) is 13.1. The van der Waals surface area contributed by atoms with Crippen molar-refractivity contribution in [2.45, 2.75) is 45.4 Å². The first-order chi connectivity index (χ1) is 19.6. The first kappa shape index (κ1) is 28.6. The third-order valence-corrected chi connectivity index (χ3v) is 7.21. The number of anilines is 1. The lowest BCUT2D eigenvalue weighted by Gasteiger charge is -2.52. The predicted molar refractivity (Wildman–Crippen MR) is 142 cm³/mol. The van der Waals surface area contributed by atoms with E-state index in [4.69, 9.17) is 24.0 Å². The molecule has 3 atom stereocenters. The normalized spacial score (nSPS) is 19.2. The van der Waals surface area contributed by atoms with E-state index >= 15 is 4.39 Å². The summed E-state index contributed by atoms with van der Waals surface area (Å²) in [4.78, 5) is 24.5. The number of nitrogens with zero attached hydrogens (tertiary/aromatic N) is 5. The summed E-state index contributed by atoms with van der Waals surface area (Å²) in [5.41, 5.74) is 2.38. The first-order valence-electron chi connectivity index (χ1n) is 13.1. The zero-order chi connectivity index (χ0) is 29.4. The molecule has 4 heterocycles. The Morgan fingerprint density at radius 1 is 1.22 bits per heavy atom. The van der Waals surface area contributed by atoms with Crippen LogP contribution < -0.4 is 15.0 Å². The van der Waals surface area contributed by atoms with Gasteiger partial charge < -0.3 is 34.2 Å². The van der Waals surface area contributed by atoms with Crippen molar-refractivity contribution in [1.82, 2.24) is 25.3 Å². The van der Waals surface area contributed by atoms with Crippen LogP contribution in [0, 0.1) is 26.6 Å². The van der Waals surface area contributed by atoms with Gasteiger partial charge in [0, 0.05) is 18.7 Å². The van der Waals surface area contributed by atoms with Crippen molar-refractivity contribution in [3.05, 3.63) is 41.0 Å². The van der Waals surface area contributed by atoms with Crippen LogP contribution in [0.5, 0.6) is 5.75 Å². The van der Waals surface area contributed by atoms with Crippen molar-refractivity contribution in [3.63, 3.8) is 0 Å². The van der Waals surface area contributed by atoms with Gasteiger partial charge in [0.15, 0.2) is 5.82 Å². The van der Waals surface area contributed by atoms with E-state index in [0.29, 0.717) is 46.4 Å². The number of alkyl halides is 2. The monoisotopic (exact) mass is 576 g/mol. The van der Waals surface area contributed by atoms with E-state index in [1.807, 2.05) is 4.90 Å². The molecule has 1 unspecified atom stereocenters. The molecule has 220 valence electrons. The fourth-order valence-electron chi connectivity index (χ4n) is 5.13. The summed E-state index contributed by atoms with van der Waals surface area (Å²) in [6, 6.07) is 3.70. The number of hydrogen-bond donors (Lipinski definition) is 2. The van der Waals surface area contributed by atoms with E-state index in [0.717, 1.165) is 4.90 Å². The van der Waals surface area contributed by atoms with Crippen LogP contribution in [0.2, 0.25) is 0 Å². The van der Waals surface area contributed by atoms with Crippen molar-refractivity contribution < 1.29 is 37.1 Å². The van der Waals surface area contributed by atoms with Gasteiger partial charge in [0.05, 0.1) is 41.6 Å². The third kappa shape index (κ3) is 5.66. The van der Waals surface area contributed by atoms with Gasteiger partial charge in [0.1, 0.15) is 42.0 Å². The number of aromatic nitrogens is 3. The number of amides is 1. The average Bonchev–Trinajstić information content (AvgIpc) is 3.25. The standard InChI is InChI=1S/C27H31F3N6O5/c1-13-24(23-14(2)34-41-15(23)3)32-25(18-7-17(5-6-19(18)28)39-12-16(37)8-31-4)33-26(13)36-10-21-20(36)9-35(11-22(29)30)27(38)40-21/h5-7,16,20-22,31,37H,8-12H2,1-4H3/t16-,20+,21?/m1/s1. The fraction of sp³-hybridized carbons (Fsp3) is 0.481. The minimum Gasteiger partial charge on any atom is -0.491 e. The molecule has 2 aliphatic rings. The van der Waals surface area contributed by atoms with Gasteiger partial charge in [-0.15, -0.1) is 0 Å². The summed E-state index contributed by atoms with van der Waals surface area (Å²) in [5, 5.41) is 16.9. The van der Waals surface area contributed by atoms with Crippen LogP contribution >= 0.6 is 0 Å². The SMILES string of the molecule is CNC[C@@H](O)COc1ccc(F)c(-c2nc(-c3c(C)noc3C)c(C)c(N3CC4OC(=O)N(CC(F)F)C[C@@H]43)n2)c1. The average molecular weight is 577 g/mol. The number of rotatable bonds is 10. The number of ether oxygens (including phenoxy) is 2. The van der Waals surface area contributed by atoms with Crippen LogP contribution in [0.25, 0.3) is 22.6 Å². The zero-order valence-corrected chi connectivity index (χ0v) is 23.0. The fourth-order valence-corrected chi connectivity index (χ4v) is 5.13. The number of likely N-dealkylation sites (N-methyl/N-ethyl adjacent to an activating group) is 1. The second kappa shape index (κ2) is 11.5. The molecule has 1 amide bonds. The molecule has 14 heteroatoms. The van der Waals surface area contributed by atoms with E-state index in [2.05, 4.69) is 10.5 Å². The molecule has 2 aliphatic heterocycles. The molecule has 0 spiro atoms. The highest BCUT2D eigenvalue weighted by atomic mass is 19.3. The minimum absolute atomic E-state index is 0.0130. The molecule has 2 N–H and O–H groups in total. The molecule has 3 aromatic rings. The lowest BCUT2D eigenvalue weighted by molar-refractivity contribution is -0.0307.